The van der Waals surface area contributed by atoms with E-state index in [-0.39, 0.29) is 5.96 Å². The SMILES string of the molecule is CC(=O)NC1=NNC2(C(=O)Nc3ccc(F)cc32)N1c1ccc(F)cc1. The van der Waals surface area contributed by atoms with Crippen LogP contribution in [0.15, 0.2) is 47.6 Å². The molecule has 0 aromatic heterocycles. The van der Waals surface area contributed by atoms with Crippen LogP contribution >= 0.6 is 0 Å². The van der Waals surface area contributed by atoms with Crippen LogP contribution in [0.5, 0.6) is 0 Å². The number of hydrogen-bond acceptors (Lipinski definition) is 5. The topological polar surface area (TPSA) is 85.8 Å². The minimum atomic E-state index is -1.60. The van der Waals surface area contributed by atoms with E-state index in [0.29, 0.717) is 16.9 Å². The number of carbonyl (C=O) groups excluding carboxylic acids is 2. The fourth-order valence-electron chi connectivity index (χ4n) is 3.13. The predicted molar refractivity (Wildman–Crippen MR) is 90.0 cm³/mol. The zero-order chi connectivity index (χ0) is 18.5. The first-order chi connectivity index (χ1) is 12.4. The molecule has 1 atom stereocenters. The van der Waals surface area contributed by atoms with Gasteiger partial charge in [-0.25, -0.2) is 8.78 Å². The highest BCUT2D eigenvalue weighted by Crippen LogP contribution is 2.43. The Morgan fingerprint density at radius 2 is 1.85 bits per heavy atom. The second-order valence-corrected chi connectivity index (χ2v) is 5.89. The molecule has 26 heavy (non-hydrogen) atoms. The fourth-order valence-corrected chi connectivity index (χ4v) is 3.13. The molecule has 132 valence electrons. The molecule has 2 aromatic carbocycles. The molecule has 2 amide bonds. The van der Waals surface area contributed by atoms with Gasteiger partial charge in [0, 0.05) is 23.9 Å². The lowest BCUT2D eigenvalue weighted by Crippen LogP contribution is -2.58. The van der Waals surface area contributed by atoms with E-state index in [0.717, 1.165) is 0 Å². The summed E-state index contributed by atoms with van der Waals surface area (Å²) in [5.41, 5.74) is 2.21. The van der Waals surface area contributed by atoms with Crippen LogP contribution in [0.2, 0.25) is 0 Å². The van der Waals surface area contributed by atoms with Crippen LogP contribution < -0.4 is 21.0 Å². The van der Waals surface area contributed by atoms with Crippen molar-refractivity contribution in [2.75, 3.05) is 10.2 Å². The van der Waals surface area contributed by atoms with E-state index >= 15 is 0 Å². The molecule has 0 saturated heterocycles. The maximum Gasteiger partial charge on any atom is 0.278 e. The number of hydrazone groups is 1. The first-order valence-corrected chi connectivity index (χ1v) is 7.71. The smallest absolute Gasteiger partial charge is 0.278 e. The van der Waals surface area contributed by atoms with E-state index in [2.05, 4.69) is 21.2 Å². The van der Waals surface area contributed by atoms with Crippen molar-refractivity contribution in [1.82, 2.24) is 10.7 Å². The van der Waals surface area contributed by atoms with Crippen molar-refractivity contribution >= 4 is 29.1 Å². The third-order valence-electron chi connectivity index (χ3n) is 4.19. The Labute approximate surface area is 146 Å². The summed E-state index contributed by atoms with van der Waals surface area (Å²) in [7, 11) is 0. The number of carbonyl (C=O) groups is 2. The quantitative estimate of drug-likeness (QED) is 0.724. The molecule has 3 N–H and O–H groups in total. The van der Waals surface area contributed by atoms with Gasteiger partial charge in [-0.3, -0.25) is 25.2 Å². The number of halogens is 2. The van der Waals surface area contributed by atoms with Crippen LogP contribution in [0.4, 0.5) is 20.2 Å². The van der Waals surface area contributed by atoms with Crippen molar-refractivity contribution in [3.05, 3.63) is 59.7 Å². The summed E-state index contributed by atoms with van der Waals surface area (Å²) >= 11 is 0. The summed E-state index contributed by atoms with van der Waals surface area (Å²) in [6, 6.07) is 9.18. The van der Waals surface area contributed by atoms with Crippen LogP contribution in [0.3, 0.4) is 0 Å². The van der Waals surface area contributed by atoms with Crippen LogP contribution in [0.25, 0.3) is 0 Å². The Morgan fingerprint density at radius 3 is 2.54 bits per heavy atom. The predicted octanol–water partition coefficient (Wildman–Crippen LogP) is 1.59. The number of amides is 2. The van der Waals surface area contributed by atoms with Crippen molar-refractivity contribution in [3.8, 4) is 0 Å². The second kappa shape index (κ2) is 5.51. The molecule has 1 spiro atoms. The molecule has 0 saturated carbocycles. The molecule has 1 unspecified atom stereocenters. The Kier molecular flexibility index (Phi) is 3.39. The second-order valence-electron chi connectivity index (χ2n) is 5.89. The van der Waals surface area contributed by atoms with Gasteiger partial charge >= 0.3 is 0 Å². The summed E-state index contributed by atoms with van der Waals surface area (Å²) in [6.07, 6.45) is 0. The van der Waals surface area contributed by atoms with Gasteiger partial charge in [-0.2, -0.15) is 0 Å². The molecule has 9 heteroatoms. The van der Waals surface area contributed by atoms with Gasteiger partial charge in [-0.15, -0.1) is 5.10 Å². The van der Waals surface area contributed by atoms with Crippen molar-refractivity contribution in [1.29, 1.82) is 0 Å². The van der Waals surface area contributed by atoms with E-state index < -0.39 is 29.1 Å². The number of fused-ring (bicyclic) bond motifs is 2. The maximum atomic E-state index is 13.9. The summed E-state index contributed by atoms with van der Waals surface area (Å²) in [4.78, 5) is 25.8. The molecule has 2 aromatic rings. The first-order valence-electron chi connectivity index (χ1n) is 7.71. The van der Waals surface area contributed by atoms with E-state index in [1.807, 2.05) is 0 Å². The molecule has 0 fully saturated rings. The average molecular weight is 357 g/mol. The van der Waals surface area contributed by atoms with E-state index in [1.54, 1.807) is 0 Å². The van der Waals surface area contributed by atoms with Crippen molar-refractivity contribution in [2.45, 2.75) is 12.6 Å². The third kappa shape index (κ3) is 2.20. The fraction of sp³-hybridized carbons (Fsp3) is 0.118. The van der Waals surface area contributed by atoms with Crippen LogP contribution in [-0.4, -0.2) is 17.8 Å². The third-order valence-corrected chi connectivity index (χ3v) is 4.19. The van der Waals surface area contributed by atoms with Crippen LogP contribution in [-0.2, 0) is 15.3 Å². The number of benzene rings is 2. The van der Waals surface area contributed by atoms with Crippen molar-refractivity contribution in [3.63, 3.8) is 0 Å². The number of anilines is 2. The number of nitrogens with zero attached hydrogens (tertiary/aromatic N) is 2. The average Bonchev–Trinajstić information content (AvgIpc) is 3.08. The minimum Gasteiger partial charge on any atom is -0.322 e. The van der Waals surface area contributed by atoms with Crippen molar-refractivity contribution in [2.24, 2.45) is 5.10 Å². The lowest BCUT2D eigenvalue weighted by Gasteiger charge is -2.34. The Morgan fingerprint density at radius 1 is 1.15 bits per heavy atom. The highest BCUT2D eigenvalue weighted by atomic mass is 19.1. The summed E-state index contributed by atoms with van der Waals surface area (Å²) in [6.45, 7) is 1.29. The number of nitrogens with one attached hydrogen (secondary N) is 3. The van der Waals surface area contributed by atoms with Gasteiger partial charge in [-0.1, -0.05) is 0 Å². The van der Waals surface area contributed by atoms with Crippen LogP contribution in [0.1, 0.15) is 12.5 Å². The van der Waals surface area contributed by atoms with Gasteiger partial charge in [0.2, 0.25) is 17.5 Å². The maximum absolute atomic E-state index is 13.9. The molecule has 0 aliphatic carbocycles. The zero-order valence-electron chi connectivity index (χ0n) is 13.5. The molecule has 2 heterocycles. The standard InChI is InChI=1S/C17H13F2N5O2/c1-9(25)20-16-22-23-17(24(16)12-5-2-10(18)3-6-12)13-8-11(19)4-7-14(13)21-15(17)26/h2-8,23H,1H3,(H,21,26)(H,20,22,25). The Bertz CT molecular complexity index is 960. The molecular weight excluding hydrogens is 344 g/mol. The van der Waals surface area contributed by atoms with Crippen LogP contribution in [0, 0.1) is 11.6 Å². The van der Waals surface area contributed by atoms with Gasteiger partial charge in [0.15, 0.2) is 0 Å². The molecule has 4 rings (SSSR count). The van der Waals surface area contributed by atoms with Gasteiger partial charge in [-0.05, 0) is 42.5 Å². The van der Waals surface area contributed by atoms with E-state index in [4.69, 9.17) is 0 Å². The molecule has 0 radical (unpaired) electrons. The molecule has 0 bridgehead atoms. The molecular formula is C17H13F2N5O2. The molecule has 2 aliphatic heterocycles. The zero-order valence-corrected chi connectivity index (χ0v) is 13.5. The van der Waals surface area contributed by atoms with E-state index in [9.17, 15) is 18.4 Å². The Balaban J connectivity index is 1.91. The monoisotopic (exact) mass is 357 g/mol. The summed E-state index contributed by atoms with van der Waals surface area (Å²) in [5, 5.41) is 9.26. The molecule has 7 nitrogen and oxygen atoms in total. The van der Waals surface area contributed by atoms with E-state index in [1.165, 1.54) is 54.3 Å². The first kappa shape index (κ1) is 16.0. The molecule has 2 aliphatic rings. The summed E-state index contributed by atoms with van der Waals surface area (Å²) in [5.74, 6) is -1.88. The normalized spacial score (nSPS) is 20.5. The van der Waals surface area contributed by atoms with Gasteiger partial charge in [0.1, 0.15) is 11.6 Å². The number of rotatable bonds is 1. The van der Waals surface area contributed by atoms with Gasteiger partial charge in [0.25, 0.3) is 5.91 Å². The number of hydrogen-bond donors (Lipinski definition) is 3. The van der Waals surface area contributed by atoms with Gasteiger partial charge < -0.3 is 5.32 Å². The van der Waals surface area contributed by atoms with Gasteiger partial charge in [0.05, 0.1) is 0 Å². The minimum absolute atomic E-state index is 0.0383. The largest absolute Gasteiger partial charge is 0.322 e. The number of guanidine groups is 1. The lowest BCUT2D eigenvalue weighted by molar-refractivity contribution is -0.121. The highest BCUT2D eigenvalue weighted by Gasteiger charge is 2.57. The van der Waals surface area contributed by atoms with Crippen molar-refractivity contribution < 1.29 is 18.4 Å². The Hall–Kier alpha value is -3.49. The highest BCUT2D eigenvalue weighted by molar-refractivity contribution is 6.17. The summed E-state index contributed by atoms with van der Waals surface area (Å²) < 4.78 is 27.2. The lowest BCUT2D eigenvalue weighted by atomic mass is 9.99.